The molecule has 0 spiro atoms. The summed E-state index contributed by atoms with van der Waals surface area (Å²) in [7, 11) is 0. The molecule has 0 aromatic rings. The highest BCUT2D eigenvalue weighted by atomic mass is 35.5. The molecule has 1 saturated carbocycles. The second kappa shape index (κ2) is 6.45. The average Bonchev–Trinajstić information content (AvgIpc) is 2.73. The molecule has 2 rings (SSSR count). The van der Waals surface area contributed by atoms with Gasteiger partial charge in [0, 0.05) is 19.0 Å². The van der Waals surface area contributed by atoms with Crippen molar-refractivity contribution in [3.63, 3.8) is 0 Å². The molecule has 0 aromatic heterocycles. The Morgan fingerprint density at radius 2 is 2.25 bits per heavy atom. The number of hydrogen-bond donors (Lipinski definition) is 2. The average molecular weight is 247 g/mol. The van der Waals surface area contributed by atoms with Crippen LogP contribution in [-0.4, -0.2) is 25.0 Å². The van der Waals surface area contributed by atoms with Crippen molar-refractivity contribution in [2.75, 3.05) is 13.1 Å². The Labute approximate surface area is 104 Å². The predicted octanol–water partition coefficient (Wildman–Crippen LogP) is 1.71. The Morgan fingerprint density at radius 1 is 1.50 bits per heavy atom. The van der Waals surface area contributed by atoms with Gasteiger partial charge in [0.1, 0.15) is 0 Å². The topological polar surface area (TPSA) is 41.1 Å². The zero-order valence-corrected chi connectivity index (χ0v) is 10.8. The summed E-state index contributed by atoms with van der Waals surface area (Å²) in [4.78, 5) is 11.5. The zero-order valence-electron chi connectivity index (χ0n) is 10.00. The van der Waals surface area contributed by atoms with E-state index >= 15 is 0 Å². The molecule has 0 bridgehead atoms. The van der Waals surface area contributed by atoms with Gasteiger partial charge in [-0.2, -0.15) is 0 Å². The van der Waals surface area contributed by atoms with E-state index in [1.807, 2.05) is 0 Å². The Bertz CT molecular complexity index is 229. The van der Waals surface area contributed by atoms with Gasteiger partial charge >= 0.3 is 0 Å². The van der Waals surface area contributed by atoms with E-state index in [0.717, 1.165) is 31.3 Å². The van der Waals surface area contributed by atoms with Gasteiger partial charge in [-0.05, 0) is 44.1 Å². The fourth-order valence-electron chi connectivity index (χ4n) is 2.33. The van der Waals surface area contributed by atoms with Gasteiger partial charge in [0.15, 0.2) is 0 Å². The van der Waals surface area contributed by atoms with Crippen LogP contribution in [0.5, 0.6) is 0 Å². The lowest BCUT2D eigenvalue weighted by Crippen LogP contribution is -2.28. The maximum Gasteiger partial charge on any atom is 0.220 e. The van der Waals surface area contributed by atoms with Crippen LogP contribution in [-0.2, 0) is 4.79 Å². The molecule has 3 unspecified atom stereocenters. The van der Waals surface area contributed by atoms with Crippen molar-refractivity contribution < 1.29 is 4.79 Å². The van der Waals surface area contributed by atoms with Gasteiger partial charge < -0.3 is 10.6 Å². The summed E-state index contributed by atoms with van der Waals surface area (Å²) in [5.74, 6) is 1.84. The van der Waals surface area contributed by atoms with Gasteiger partial charge in [-0.1, -0.05) is 6.92 Å². The van der Waals surface area contributed by atoms with Crippen molar-refractivity contribution in [1.82, 2.24) is 10.6 Å². The molecule has 16 heavy (non-hydrogen) atoms. The van der Waals surface area contributed by atoms with Crippen LogP contribution in [0.15, 0.2) is 0 Å². The van der Waals surface area contributed by atoms with Gasteiger partial charge in [-0.15, -0.1) is 12.4 Å². The Hall–Kier alpha value is -0.280. The standard InChI is InChI=1S/C12H22N2O.ClH/c1-9-7-10(9)8-14-12(15)5-4-11-3-2-6-13-11;/h9-11,13H,2-8H2,1H3,(H,14,15);1H. The molecule has 3 atom stereocenters. The van der Waals surface area contributed by atoms with Crippen LogP contribution in [0, 0.1) is 11.8 Å². The van der Waals surface area contributed by atoms with E-state index in [-0.39, 0.29) is 18.3 Å². The largest absolute Gasteiger partial charge is 0.356 e. The minimum Gasteiger partial charge on any atom is -0.356 e. The number of hydrogen-bond acceptors (Lipinski definition) is 2. The van der Waals surface area contributed by atoms with Gasteiger partial charge in [-0.3, -0.25) is 4.79 Å². The normalized spacial score (nSPS) is 31.9. The fraction of sp³-hybridized carbons (Fsp3) is 0.917. The maximum absolute atomic E-state index is 11.5. The van der Waals surface area contributed by atoms with Crippen LogP contribution in [0.25, 0.3) is 0 Å². The Kier molecular flexibility index (Phi) is 5.56. The molecule has 94 valence electrons. The number of rotatable bonds is 5. The van der Waals surface area contributed by atoms with Crippen molar-refractivity contribution in [2.45, 2.75) is 45.1 Å². The molecule has 2 fully saturated rings. The minimum absolute atomic E-state index is 0. The fourth-order valence-corrected chi connectivity index (χ4v) is 2.33. The first-order valence-corrected chi connectivity index (χ1v) is 6.26. The van der Waals surface area contributed by atoms with Crippen LogP contribution in [0.3, 0.4) is 0 Å². The summed E-state index contributed by atoms with van der Waals surface area (Å²) in [5.41, 5.74) is 0. The number of halogens is 1. The SMILES string of the molecule is CC1CC1CNC(=O)CCC1CCCN1.Cl. The van der Waals surface area contributed by atoms with Crippen LogP contribution < -0.4 is 10.6 Å². The summed E-state index contributed by atoms with van der Waals surface area (Å²) in [6.07, 6.45) is 5.51. The van der Waals surface area contributed by atoms with Crippen molar-refractivity contribution in [3.05, 3.63) is 0 Å². The highest BCUT2D eigenvalue weighted by Crippen LogP contribution is 2.36. The number of carbonyl (C=O) groups excluding carboxylic acids is 1. The first kappa shape index (κ1) is 13.8. The van der Waals surface area contributed by atoms with Gasteiger partial charge in [-0.25, -0.2) is 0 Å². The molecular formula is C12H23ClN2O. The van der Waals surface area contributed by atoms with Crippen molar-refractivity contribution in [1.29, 1.82) is 0 Å². The quantitative estimate of drug-likeness (QED) is 0.776. The molecule has 0 aromatic carbocycles. The summed E-state index contributed by atoms with van der Waals surface area (Å²) < 4.78 is 0. The number of carbonyl (C=O) groups is 1. The number of amides is 1. The molecule has 3 nitrogen and oxygen atoms in total. The Balaban J connectivity index is 0.00000128. The van der Waals surface area contributed by atoms with E-state index < -0.39 is 0 Å². The molecule has 1 amide bonds. The minimum atomic E-state index is 0. The summed E-state index contributed by atoms with van der Waals surface area (Å²) in [5, 5.41) is 6.45. The zero-order chi connectivity index (χ0) is 10.7. The molecule has 1 aliphatic carbocycles. The monoisotopic (exact) mass is 246 g/mol. The first-order valence-electron chi connectivity index (χ1n) is 6.26. The molecule has 1 aliphatic heterocycles. The lowest BCUT2D eigenvalue weighted by molar-refractivity contribution is -0.121. The van der Waals surface area contributed by atoms with Crippen LogP contribution in [0.1, 0.15) is 39.0 Å². The highest BCUT2D eigenvalue weighted by molar-refractivity contribution is 5.85. The van der Waals surface area contributed by atoms with Gasteiger partial charge in [0.25, 0.3) is 0 Å². The molecule has 1 saturated heterocycles. The summed E-state index contributed by atoms with van der Waals surface area (Å²) in [6, 6.07) is 0.593. The van der Waals surface area contributed by atoms with Crippen LogP contribution in [0.2, 0.25) is 0 Å². The molecule has 2 N–H and O–H groups in total. The molecule has 1 heterocycles. The third kappa shape index (κ3) is 4.30. The molecule has 2 aliphatic rings. The third-order valence-corrected chi connectivity index (χ3v) is 3.72. The summed E-state index contributed by atoms with van der Waals surface area (Å²) >= 11 is 0. The third-order valence-electron chi connectivity index (χ3n) is 3.72. The molecule has 4 heteroatoms. The molecule has 0 radical (unpaired) electrons. The molecular weight excluding hydrogens is 224 g/mol. The van der Waals surface area contributed by atoms with Crippen molar-refractivity contribution in [3.8, 4) is 0 Å². The van der Waals surface area contributed by atoms with E-state index in [1.54, 1.807) is 0 Å². The summed E-state index contributed by atoms with van der Waals surface area (Å²) in [6.45, 7) is 4.28. The second-order valence-corrected chi connectivity index (χ2v) is 5.11. The smallest absolute Gasteiger partial charge is 0.220 e. The van der Waals surface area contributed by atoms with Crippen molar-refractivity contribution >= 4 is 18.3 Å². The Morgan fingerprint density at radius 3 is 2.81 bits per heavy atom. The first-order chi connectivity index (χ1) is 7.25. The van der Waals surface area contributed by atoms with Gasteiger partial charge in [0.2, 0.25) is 5.91 Å². The van der Waals surface area contributed by atoms with E-state index in [9.17, 15) is 4.79 Å². The lowest BCUT2D eigenvalue weighted by Gasteiger charge is -2.09. The highest BCUT2D eigenvalue weighted by Gasteiger charge is 2.32. The van der Waals surface area contributed by atoms with Crippen molar-refractivity contribution in [2.24, 2.45) is 11.8 Å². The van der Waals surface area contributed by atoms with Crippen LogP contribution in [0.4, 0.5) is 0 Å². The van der Waals surface area contributed by atoms with E-state index in [2.05, 4.69) is 17.6 Å². The van der Waals surface area contributed by atoms with Crippen LogP contribution >= 0.6 is 12.4 Å². The van der Waals surface area contributed by atoms with Gasteiger partial charge in [0.05, 0.1) is 0 Å². The lowest BCUT2D eigenvalue weighted by atomic mass is 10.1. The maximum atomic E-state index is 11.5. The van der Waals surface area contributed by atoms with E-state index in [0.29, 0.717) is 12.5 Å². The van der Waals surface area contributed by atoms with E-state index in [4.69, 9.17) is 0 Å². The predicted molar refractivity (Wildman–Crippen MR) is 67.8 cm³/mol. The second-order valence-electron chi connectivity index (χ2n) is 5.11. The van der Waals surface area contributed by atoms with E-state index in [1.165, 1.54) is 19.3 Å². The number of nitrogens with one attached hydrogen (secondary N) is 2.